The zero-order valence-corrected chi connectivity index (χ0v) is 36.7. The number of fused-ring (bicyclic) bond motifs is 3. The van der Waals surface area contributed by atoms with E-state index >= 15 is 14.4 Å². The number of phenols is 1. The second kappa shape index (κ2) is 18.9. The van der Waals surface area contributed by atoms with Crippen molar-refractivity contribution >= 4 is 29.6 Å². The summed E-state index contributed by atoms with van der Waals surface area (Å²) in [6, 6.07) is 32.3. The van der Waals surface area contributed by atoms with Crippen molar-refractivity contribution in [1.29, 1.82) is 0 Å². The minimum Gasteiger partial charge on any atom is -0.508 e. The number of nitrogens with zero attached hydrogens (tertiary/aromatic N) is 3. The number of benzene rings is 4. The van der Waals surface area contributed by atoms with Crippen LogP contribution in [0, 0.1) is 17.8 Å². The Morgan fingerprint density at radius 3 is 2.21 bits per heavy atom. The summed E-state index contributed by atoms with van der Waals surface area (Å²) in [6.07, 6.45) is 4.81. The third kappa shape index (κ3) is 8.21. The first-order valence-electron chi connectivity index (χ1n) is 22.6. The highest BCUT2D eigenvalue weighted by atomic mass is 16.6. The topological polar surface area (TPSA) is 168 Å². The Hall–Kier alpha value is -6.85. The Morgan fingerprint density at radius 2 is 1.53 bits per heavy atom. The van der Waals surface area contributed by atoms with E-state index in [4.69, 9.17) is 14.2 Å². The number of carbonyl (C=O) groups is 4. The first-order valence-corrected chi connectivity index (χ1v) is 22.6. The van der Waals surface area contributed by atoms with Crippen molar-refractivity contribution in [2.24, 2.45) is 5.92 Å². The largest absolute Gasteiger partial charge is 0.508 e. The number of imide groups is 1. The van der Waals surface area contributed by atoms with Crippen LogP contribution in [0.15, 0.2) is 128 Å². The molecule has 338 valence electrons. The van der Waals surface area contributed by atoms with Crippen molar-refractivity contribution in [2.45, 2.75) is 80.2 Å². The van der Waals surface area contributed by atoms with Gasteiger partial charge in [0.05, 0.1) is 30.3 Å². The van der Waals surface area contributed by atoms with Crippen molar-refractivity contribution in [1.82, 2.24) is 15.2 Å². The molecule has 66 heavy (non-hydrogen) atoms. The number of rotatable bonds is 10. The molecule has 13 nitrogen and oxygen atoms in total. The highest BCUT2D eigenvalue weighted by molar-refractivity contribution is 6.23. The number of anilines is 1. The quantitative estimate of drug-likeness (QED) is 0.0570. The standard InChI is InChI=1S/C53H52N4O9/c1-64-32-33-65-51(62)56-42-24-19-35(25-29-52(63)27-11-2-3-12-28-52)34-41(42)53(50(56)61)43(48(59)55-31-26-39-18-10-13-30-54-39)45-49(60)66-46(37-16-8-5-9-17-37)44(36-14-6-4-7-15-36)57(45)47(53)38-20-22-40(58)23-21-38/h4-10,13-24,30,34,43-47,58,63H,2-3,11-12,26-28,31-33H2,1H3,(H,55,59)/t43-,44-,45-,46+,47+,53-/m1/s1. The predicted octanol–water partition coefficient (Wildman–Crippen LogP) is 7.03. The Balaban J connectivity index is 1.31. The Bertz CT molecular complexity index is 2630. The molecule has 1 saturated carbocycles. The Kier molecular flexibility index (Phi) is 12.7. The third-order valence-corrected chi connectivity index (χ3v) is 13.4. The summed E-state index contributed by atoms with van der Waals surface area (Å²) in [5.74, 6) is 2.64. The van der Waals surface area contributed by atoms with Crippen molar-refractivity contribution in [2.75, 3.05) is 31.8 Å². The molecule has 1 aliphatic carbocycles. The average molecular weight is 889 g/mol. The lowest BCUT2D eigenvalue weighted by Crippen LogP contribution is -2.56. The first kappa shape index (κ1) is 44.4. The number of carbonyl (C=O) groups excluding carboxylic acids is 4. The van der Waals surface area contributed by atoms with Crippen LogP contribution < -0.4 is 10.2 Å². The van der Waals surface area contributed by atoms with Crippen molar-refractivity contribution in [3.63, 3.8) is 0 Å². The summed E-state index contributed by atoms with van der Waals surface area (Å²) >= 11 is 0. The molecule has 1 spiro atoms. The smallest absolute Gasteiger partial charge is 0.421 e. The monoisotopic (exact) mass is 888 g/mol. The van der Waals surface area contributed by atoms with Gasteiger partial charge in [0.2, 0.25) is 11.8 Å². The number of hydrogen-bond donors (Lipinski definition) is 3. The van der Waals surface area contributed by atoms with Crippen molar-refractivity contribution < 1.29 is 43.6 Å². The van der Waals surface area contributed by atoms with Gasteiger partial charge in [0.25, 0.3) is 0 Å². The van der Waals surface area contributed by atoms with Gasteiger partial charge in [-0.05, 0) is 90.4 Å². The molecular weight excluding hydrogens is 837 g/mol. The minimum absolute atomic E-state index is 0.0403. The molecule has 0 bridgehead atoms. The number of methoxy groups -OCH3 is 1. The van der Waals surface area contributed by atoms with Crippen LogP contribution in [0.4, 0.5) is 10.5 Å². The maximum atomic E-state index is 16.3. The second-order valence-electron chi connectivity index (χ2n) is 17.4. The van der Waals surface area contributed by atoms with E-state index in [0.29, 0.717) is 36.0 Å². The van der Waals surface area contributed by atoms with Gasteiger partial charge in [-0.2, -0.15) is 0 Å². The molecule has 9 rings (SSSR count). The van der Waals surface area contributed by atoms with Gasteiger partial charge in [0.1, 0.15) is 35.5 Å². The summed E-state index contributed by atoms with van der Waals surface area (Å²) in [7, 11) is 1.46. The normalized spacial score (nSPS) is 24.3. The number of aromatic hydroxyl groups is 1. The zero-order valence-electron chi connectivity index (χ0n) is 36.7. The first-order chi connectivity index (χ1) is 32.1. The van der Waals surface area contributed by atoms with Crippen LogP contribution in [-0.4, -0.2) is 82.5 Å². The molecule has 0 radical (unpaired) electrons. The zero-order chi connectivity index (χ0) is 45.8. The van der Waals surface area contributed by atoms with Gasteiger partial charge in [-0.1, -0.05) is 104 Å². The van der Waals surface area contributed by atoms with E-state index in [1.165, 1.54) is 19.2 Å². The third-order valence-electron chi connectivity index (χ3n) is 13.4. The van der Waals surface area contributed by atoms with Crippen LogP contribution in [0.5, 0.6) is 5.75 Å². The summed E-state index contributed by atoms with van der Waals surface area (Å²) in [5.41, 5.74) is 0.235. The molecule has 0 unspecified atom stereocenters. The van der Waals surface area contributed by atoms with E-state index in [9.17, 15) is 15.0 Å². The minimum atomic E-state index is -2.04. The van der Waals surface area contributed by atoms with E-state index in [2.05, 4.69) is 22.1 Å². The van der Waals surface area contributed by atoms with E-state index in [-0.39, 0.29) is 36.8 Å². The summed E-state index contributed by atoms with van der Waals surface area (Å²) < 4.78 is 17.4. The van der Waals surface area contributed by atoms with Gasteiger partial charge in [-0.25, -0.2) is 9.69 Å². The highest BCUT2D eigenvalue weighted by Crippen LogP contribution is 2.66. The molecule has 2 saturated heterocycles. The molecule has 3 amide bonds. The van der Waals surface area contributed by atoms with Crippen LogP contribution in [0.1, 0.15) is 90.2 Å². The number of amides is 3. The number of esters is 1. The average Bonchev–Trinajstić information content (AvgIpc) is 3.67. The number of nitrogens with one attached hydrogen (secondary N) is 1. The summed E-state index contributed by atoms with van der Waals surface area (Å²) in [4.78, 5) is 68.9. The number of aliphatic hydroxyl groups is 1. The predicted molar refractivity (Wildman–Crippen MR) is 244 cm³/mol. The van der Waals surface area contributed by atoms with Gasteiger partial charge in [-0.3, -0.25) is 24.3 Å². The number of phenolic OH excluding ortho intramolecular Hbond substituents is 1. The van der Waals surface area contributed by atoms with Gasteiger partial charge in [-0.15, -0.1) is 0 Å². The molecule has 1 aromatic heterocycles. The lowest BCUT2D eigenvalue weighted by molar-refractivity contribution is -0.178. The summed E-state index contributed by atoms with van der Waals surface area (Å²) in [6.45, 7) is -0.00294. The van der Waals surface area contributed by atoms with Crippen LogP contribution in [0.3, 0.4) is 0 Å². The molecule has 4 aromatic carbocycles. The van der Waals surface area contributed by atoms with Crippen molar-refractivity contribution in [3.8, 4) is 17.6 Å². The lowest BCUT2D eigenvalue weighted by atomic mass is 9.65. The van der Waals surface area contributed by atoms with Crippen molar-refractivity contribution in [3.05, 3.63) is 161 Å². The number of ether oxygens (including phenoxy) is 3. The fourth-order valence-electron chi connectivity index (χ4n) is 10.5. The maximum Gasteiger partial charge on any atom is 0.421 e. The van der Waals surface area contributed by atoms with Crippen LogP contribution in [0.2, 0.25) is 0 Å². The SMILES string of the molecule is COCCOC(=O)N1C(=O)[C@@]2(c3cc(C#CC4(O)CCCCCC4)ccc31)[C@H](c1ccc(O)cc1)N1[C@H](c3ccccc3)[C@H](c3ccccc3)OC(=O)[C@H]1[C@@H]2C(=O)NCCc1ccccn1. The van der Waals surface area contributed by atoms with Gasteiger partial charge < -0.3 is 29.7 Å². The fourth-order valence-corrected chi connectivity index (χ4v) is 10.5. The van der Waals surface area contributed by atoms with Crippen LogP contribution >= 0.6 is 0 Å². The number of morpholine rings is 1. The number of cyclic esters (lactones) is 1. The molecular formula is C53H52N4O9. The summed E-state index contributed by atoms with van der Waals surface area (Å²) in [5, 5.41) is 25.4. The van der Waals surface area contributed by atoms with Gasteiger partial charge in [0, 0.05) is 37.5 Å². The van der Waals surface area contributed by atoms with Gasteiger partial charge >= 0.3 is 12.1 Å². The molecule has 13 heteroatoms. The molecule has 6 atom stereocenters. The van der Waals surface area contributed by atoms with E-state index < -0.39 is 65.0 Å². The molecule has 5 aromatic rings. The molecule has 3 N–H and O–H groups in total. The van der Waals surface area contributed by atoms with E-state index in [1.807, 2.05) is 77.7 Å². The molecule has 3 fully saturated rings. The lowest BCUT2D eigenvalue weighted by Gasteiger charge is -2.46. The van der Waals surface area contributed by atoms with Gasteiger partial charge in [0.15, 0.2) is 0 Å². The maximum absolute atomic E-state index is 16.3. The molecule has 3 aliphatic heterocycles. The molecule has 4 aliphatic rings. The number of hydrogen-bond acceptors (Lipinski definition) is 11. The Morgan fingerprint density at radius 1 is 0.833 bits per heavy atom. The number of pyridine rings is 1. The number of aromatic nitrogens is 1. The van der Waals surface area contributed by atoms with Crippen LogP contribution in [0.25, 0.3) is 0 Å². The van der Waals surface area contributed by atoms with E-state index in [1.54, 1.807) is 42.6 Å². The molecule has 4 heterocycles. The van der Waals surface area contributed by atoms with Crippen LogP contribution in [-0.2, 0) is 40.4 Å². The van der Waals surface area contributed by atoms with E-state index in [0.717, 1.165) is 41.8 Å². The highest BCUT2D eigenvalue weighted by Gasteiger charge is 2.75. The second-order valence-corrected chi connectivity index (χ2v) is 17.4. The fraction of sp³-hybridized carbons (Fsp3) is 0.340. The Labute approximate surface area is 383 Å².